The molecule has 0 saturated heterocycles. The fourth-order valence-electron chi connectivity index (χ4n) is 2.62. The molecule has 0 aromatic heterocycles. The maximum Gasteiger partial charge on any atom is 0.343 e. The van der Waals surface area contributed by atoms with Gasteiger partial charge < -0.3 is 31.7 Å². The first-order chi connectivity index (χ1) is 15.1. The van der Waals surface area contributed by atoms with Gasteiger partial charge in [-0.1, -0.05) is 12.1 Å². The van der Waals surface area contributed by atoms with E-state index in [-0.39, 0.29) is 36.5 Å². The van der Waals surface area contributed by atoms with Gasteiger partial charge in [0.2, 0.25) is 5.91 Å². The van der Waals surface area contributed by atoms with Crippen LogP contribution in [0.4, 0.5) is 5.69 Å². The first-order valence-electron chi connectivity index (χ1n) is 9.39. The Bertz CT molecular complexity index is 1010. The molecule has 2 rings (SSSR count). The zero-order valence-corrected chi connectivity index (χ0v) is 16.9. The molecule has 11 nitrogen and oxygen atoms in total. The molecule has 11 heteroatoms. The van der Waals surface area contributed by atoms with Crippen molar-refractivity contribution in [1.82, 2.24) is 5.32 Å². The van der Waals surface area contributed by atoms with Crippen LogP contribution in [0, 0.1) is 0 Å². The first-order valence-corrected chi connectivity index (χ1v) is 9.39. The Morgan fingerprint density at radius 1 is 0.969 bits per heavy atom. The molecule has 1 amide bonds. The molecule has 7 N–H and O–H groups in total. The maximum atomic E-state index is 12.2. The molecule has 0 aliphatic carbocycles. The Balaban J connectivity index is 1.92. The van der Waals surface area contributed by atoms with Crippen LogP contribution in [-0.2, 0) is 20.8 Å². The van der Waals surface area contributed by atoms with Crippen LogP contribution in [0.3, 0.4) is 0 Å². The number of nitrogens with one attached hydrogen (secondary N) is 1. The summed E-state index contributed by atoms with van der Waals surface area (Å²) in [5.74, 6) is -3.50. The molecule has 0 spiro atoms. The number of ether oxygens (including phenoxy) is 1. The minimum Gasteiger partial charge on any atom is -0.481 e. The number of esters is 1. The molecule has 0 aliphatic rings. The van der Waals surface area contributed by atoms with Gasteiger partial charge in [-0.2, -0.15) is 0 Å². The second kappa shape index (κ2) is 11.1. The monoisotopic (exact) mass is 442 g/mol. The van der Waals surface area contributed by atoms with Crippen molar-refractivity contribution < 1.29 is 34.1 Å². The average molecular weight is 442 g/mol. The minimum atomic E-state index is -1.31. The molecular formula is C21H22N4O7. The molecule has 0 unspecified atom stereocenters. The molecule has 168 valence electrons. The molecule has 0 fully saturated rings. The number of aliphatic imine (C=N–C) groups is 1. The number of hydrogen-bond acceptors (Lipinski definition) is 6. The van der Waals surface area contributed by atoms with Crippen LogP contribution in [0.15, 0.2) is 53.5 Å². The molecule has 0 saturated carbocycles. The highest BCUT2D eigenvalue weighted by atomic mass is 16.5. The minimum absolute atomic E-state index is 0.104. The summed E-state index contributed by atoms with van der Waals surface area (Å²) in [6, 6.07) is 10.9. The van der Waals surface area contributed by atoms with Gasteiger partial charge in [-0.3, -0.25) is 9.59 Å². The van der Waals surface area contributed by atoms with E-state index in [2.05, 4.69) is 10.3 Å². The smallest absolute Gasteiger partial charge is 0.343 e. The third-order valence-electron chi connectivity index (χ3n) is 4.14. The lowest BCUT2D eigenvalue weighted by atomic mass is 10.1. The molecule has 0 heterocycles. The largest absolute Gasteiger partial charge is 0.481 e. The van der Waals surface area contributed by atoms with E-state index in [9.17, 15) is 19.2 Å². The zero-order chi connectivity index (χ0) is 23.7. The number of carbonyl (C=O) groups is 4. The molecule has 2 aromatic rings. The number of aliphatic carboxylic acids is 2. The van der Waals surface area contributed by atoms with E-state index >= 15 is 0 Å². The zero-order valence-electron chi connectivity index (χ0n) is 16.9. The van der Waals surface area contributed by atoms with Gasteiger partial charge >= 0.3 is 17.9 Å². The van der Waals surface area contributed by atoms with Crippen molar-refractivity contribution in [1.29, 1.82) is 0 Å². The van der Waals surface area contributed by atoms with Crippen LogP contribution >= 0.6 is 0 Å². The van der Waals surface area contributed by atoms with Gasteiger partial charge in [0.15, 0.2) is 5.96 Å². The van der Waals surface area contributed by atoms with Gasteiger partial charge in [-0.25, -0.2) is 14.6 Å². The second-order valence-electron chi connectivity index (χ2n) is 6.68. The van der Waals surface area contributed by atoms with E-state index in [1.807, 2.05) is 0 Å². The molecule has 0 bridgehead atoms. The van der Waals surface area contributed by atoms with Crippen LogP contribution in [-0.4, -0.2) is 46.0 Å². The van der Waals surface area contributed by atoms with E-state index in [0.717, 1.165) is 0 Å². The van der Waals surface area contributed by atoms with Crippen molar-refractivity contribution in [3.8, 4) is 5.75 Å². The third-order valence-corrected chi connectivity index (χ3v) is 4.14. The van der Waals surface area contributed by atoms with Crippen molar-refractivity contribution in [2.75, 3.05) is 0 Å². The molecule has 0 aliphatic heterocycles. The van der Waals surface area contributed by atoms with Crippen molar-refractivity contribution in [2.24, 2.45) is 16.5 Å². The van der Waals surface area contributed by atoms with Crippen LogP contribution in [0.5, 0.6) is 5.75 Å². The van der Waals surface area contributed by atoms with Gasteiger partial charge in [0.25, 0.3) is 0 Å². The lowest BCUT2D eigenvalue weighted by Gasteiger charge is -2.13. The SMILES string of the molecule is NC(N)=Nc1ccc(C(=O)Oc2ccc(CC(=O)N[C@@H](CCC(=O)O)C(=O)O)cc2)cc1. The number of amides is 1. The lowest BCUT2D eigenvalue weighted by molar-refractivity contribution is -0.143. The molecule has 2 aromatic carbocycles. The standard InChI is InChI=1S/C21H22N4O7/c22-21(23)24-14-5-3-13(4-6-14)20(31)32-15-7-1-12(2-8-15)11-17(26)25-16(19(29)30)9-10-18(27)28/h1-8,16H,9-11H2,(H,25,26)(H,27,28)(H,29,30)(H4,22,23,24)/t16-/m0/s1. The van der Waals surface area contributed by atoms with E-state index < -0.39 is 29.9 Å². The molecule has 32 heavy (non-hydrogen) atoms. The summed E-state index contributed by atoms with van der Waals surface area (Å²) in [4.78, 5) is 49.9. The van der Waals surface area contributed by atoms with Gasteiger partial charge in [0.05, 0.1) is 17.7 Å². The Kier molecular flexibility index (Phi) is 8.29. The summed E-state index contributed by atoms with van der Waals surface area (Å²) in [6.45, 7) is 0. The highest BCUT2D eigenvalue weighted by Gasteiger charge is 2.21. The highest BCUT2D eigenvalue weighted by Crippen LogP contribution is 2.17. The molecule has 0 radical (unpaired) electrons. The van der Waals surface area contributed by atoms with E-state index in [4.69, 9.17) is 26.4 Å². The lowest BCUT2D eigenvalue weighted by Crippen LogP contribution is -2.41. The maximum absolute atomic E-state index is 12.2. The fourth-order valence-corrected chi connectivity index (χ4v) is 2.62. The normalized spacial score (nSPS) is 11.1. The summed E-state index contributed by atoms with van der Waals surface area (Å²) in [5, 5.41) is 20.1. The Labute approximate surface area is 182 Å². The van der Waals surface area contributed by atoms with Gasteiger partial charge in [0.1, 0.15) is 11.8 Å². The van der Waals surface area contributed by atoms with Gasteiger partial charge in [-0.05, 0) is 48.4 Å². The molecule has 1 atom stereocenters. The van der Waals surface area contributed by atoms with Crippen LogP contribution in [0.2, 0.25) is 0 Å². The van der Waals surface area contributed by atoms with E-state index in [1.165, 1.54) is 24.3 Å². The third kappa shape index (κ3) is 7.78. The van der Waals surface area contributed by atoms with Crippen LogP contribution in [0.1, 0.15) is 28.8 Å². The van der Waals surface area contributed by atoms with E-state index in [0.29, 0.717) is 11.3 Å². The van der Waals surface area contributed by atoms with E-state index in [1.54, 1.807) is 24.3 Å². The topological polar surface area (TPSA) is 194 Å². The number of carboxylic acid groups (broad SMARTS) is 2. The van der Waals surface area contributed by atoms with Crippen molar-refractivity contribution in [3.63, 3.8) is 0 Å². The summed E-state index contributed by atoms with van der Waals surface area (Å²) >= 11 is 0. The quantitative estimate of drug-likeness (QED) is 0.153. The Morgan fingerprint density at radius 3 is 2.12 bits per heavy atom. The number of rotatable bonds is 10. The van der Waals surface area contributed by atoms with Gasteiger partial charge in [0, 0.05) is 6.42 Å². The fraction of sp³-hybridized carbons (Fsp3) is 0.190. The molecular weight excluding hydrogens is 420 g/mol. The summed E-state index contributed by atoms with van der Waals surface area (Å²) in [6.07, 6.45) is -0.732. The summed E-state index contributed by atoms with van der Waals surface area (Å²) < 4.78 is 5.27. The second-order valence-corrected chi connectivity index (χ2v) is 6.68. The first kappa shape index (κ1) is 23.9. The Hall–Kier alpha value is -4.41. The number of benzene rings is 2. The Morgan fingerprint density at radius 2 is 1.59 bits per heavy atom. The number of guanidine groups is 1. The number of hydrogen-bond donors (Lipinski definition) is 5. The van der Waals surface area contributed by atoms with Gasteiger partial charge in [-0.15, -0.1) is 0 Å². The van der Waals surface area contributed by atoms with Crippen molar-refractivity contribution in [2.45, 2.75) is 25.3 Å². The van der Waals surface area contributed by atoms with Crippen LogP contribution in [0.25, 0.3) is 0 Å². The number of carboxylic acids is 2. The number of nitrogens with two attached hydrogens (primary N) is 2. The van der Waals surface area contributed by atoms with Crippen molar-refractivity contribution >= 4 is 35.5 Å². The number of nitrogens with zero attached hydrogens (tertiary/aromatic N) is 1. The highest BCUT2D eigenvalue weighted by molar-refractivity contribution is 5.91. The summed E-state index contributed by atoms with van der Waals surface area (Å²) in [7, 11) is 0. The average Bonchev–Trinajstić information content (AvgIpc) is 2.72. The predicted molar refractivity (Wildman–Crippen MR) is 113 cm³/mol. The predicted octanol–water partition coefficient (Wildman–Crippen LogP) is 0.787. The van der Waals surface area contributed by atoms with Crippen molar-refractivity contribution in [3.05, 3.63) is 59.7 Å². The van der Waals surface area contributed by atoms with Crippen LogP contribution < -0.4 is 21.5 Å². The summed E-state index contributed by atoms with van der Waals surface area (Å²) in [5.41, 5.74) is 11.9. The number of carbonyl (C=O) groups excluding carboxylic acids is 2.